The van der Waals surface area contributed by atoms with Crippen LogP contribution in [0.1, 0.15) is 23.2 Å². The Kier molecular flexibility index (Phi) is 4.39. The SMILES string of the molecule is CS(=O)(=O)NC1CCN(C(=O)c2ccc(F)cc2)CC1. The van der Waals surface area contributed by atoms with E-state index in [4.69, 9.17) is 0 Å². The highest BCUT2D eigenvalue weighted by molar-refractivity contribution is 7.88. The zero-order chi connectivity index (χ0) is 14.8. The summed E-state index contributed by atoms with van der Waals surface area (Å²) in [6.07, 6.45) is 2.29. The number of hydrogen-bond donors (Lipinski definition) is 1. The molecule has 0 aromatic heterocycles. The molecule has 1 aliphatic heterocycles. The summed E-state index contributed by atoms with van der Waals surface area (Å²) in [5, 5.41) is 0. The summed E-state index contributed by atoms with van der Waals surface area (Å²) in [7, 11) is -3.21. The molecule has 1 amide bonds. The van der Waals surface area contributed by atoms with Crippen molar-refractivity contribution in [1.82, 2.24) is 9.62 Å². The van der Waals surface area contributed by atoms with Crippen molar-refractivity contribution in [2.45, 2.75) is 18.9 Å². The number of halogens is 1. The van der Waals surface area contributed by atoms with E-state index in [0.29, 0.717) is 31.5 Å². The normalized spacial score (nSPS) is 17.2. The minimum absolute atomic E-state index is 0.123. The van der Waals surface area contributed by atoms with Crippen molar-refractivity contribution in [3.05, 3.63) is 35.6 Å². The number of piperidine rings is 1. The van der Waals surface area contributed by atoms with Crippen molar-refractivity contribution in [3.63, 3.8) is 0 Å². The molecular formula is C13H17FN2O3S. The number of hydrogen-bond acceptors (Lipinski definition) is 3. The number of nitrogens with one attached hydrogen (secondary N) is 1. The summed E-state index contributed by atoms with van der Waals surface area (Å²) in [4.78, 5) is 13.8. The summed E-state index contributed by atoms with van der Waals surface area (Å²) in [6, 6.07) is 5.30. The van der Waals surface area contributed by atoms with Gasteiger partial charge in [-0.15, -0.1) is 0 Å². The Labute approximate surface area is 117 Å². The Bertz CT molecular complexity index is 578. The van der Waals surface area contributed by atoms with Crippen LogP contribution in [-0.2, 0) is 10.0 Å². The molecule has 0 atom stereocenters. The molecule has 0 radical (unpaired) electrons. The molecule has 110 valence electrons. The standard InChI is InChI=1S/C13H17FN2O3S/c1-20(18,19)15-12-6-8-16(9-7-12)13(17)10-2-4-11(14)5-3-10/h2-5,12,15H,6-9H2,1H3. The van der Waals surface area contributed by atoms with Crippen LogP contribution in [0.4, 0.5) is 4.39 Å². The van der Waals surface area contributed by atoms with Crippen molar-refractivity contribution in [1.29, 1.82) is 0 Å². The first kappa shape index (κ1) is 14.9. The lowest BCUT2D eigenvalue weighted by Gasteiger charge is -2.32. The molecule has 1 saturated heterocycles. The van der Waals surface area contributed by atoms with Crippen LogP contribution < -0.4 is 4.72 Å². The fraction of sp³-hybridized carbons (Fsp3) is 0.462. The number of sulfonamides is 1. The van der Waals surface area contributed by atoms with E-state index in [-0.39, 0.29) is 17.8 Å². The van der Waals surface area contributed by atoms with Crippen LogP contribution >= 0.6 is 0 Å². The lowest BCUT2D eigenvalue weighted by molar-refractivity contribution is 0.0711. The number of carbonyl (C=O) groups is 1. The Hall–Kier alpha value is -1.47. The van der Waals surface area contributed by atoms with Gasteiger partial charge in [-0.3, -0.25) is 4.79 Å². The average molecular weight is 300 g/mol. The first-order valence-electron chi connectivity index (χ1n) is 6.37. The molecular weight excluding hydrogens is 283 g/mol. The van der Waals surface area contributed by atoms with Crippen molar-refractivity contribution in [2.75, 3.05) is 19.3 Å². The van der Waals surface area contributed by atoms with E-state index in [9.17, 15) is 17.6 Å². The van der Waals surface area contributed by atoms with Gasteiger partial charge < -0.3 is 4.90 Å². The highest BCUT2D eigenvalue weighted by Crippen LogP contribution is 2.15. The second-order valence-corrected chi connectivity index (χ2v) is 6.74. The number of rotatable bonds is 3. The minimum Gasteiger partial charge on any atom is -0.339 e. The Morgan fingerprint density at radius 3 is 2.30 bits per heavy atom. The van der Waals surface area contributed by atoms with Crippen molar-refractivity contribution < 1.29 is 17.6 Å². The third-order valence-corrected chi connectivity index (χ3v) is 4.02. The number of nitrogens with zero attached hydrogens (tertiary/aromatic N) is 1. The van der Waals surface area contributed by atoms with Gasteiger partial charge in [0.2, 0.25) is 10.0 Å². The first-order chi connectivity index (χ1) is 9.35. The summed E-state index contributed by atoms with van der Waals surface area (Å²) < 4.78 is 37.6. The molecule has 0 bridgehead atoms. The Balaban J connectivity index is 1.93. The van der Waals surface area contributed by atoms with Gasteiger partial charge in [0.25, 0.3) is 5.91 Å². The van der Waals surface area contributed by atoms with Gasteiger partial charge in [-0.2, -0.15) is 0 Å². The smallest absolute Gasteiger partial charge is 0.253 e. The maximum absolute atomic E-state index is 12.8. The predicted octanol–water partition coefficient (Wildman–Crippen LogP) is 0.979. The van der Waals surface area contributed by atoms with E-state index >= 15 is 0 Å². The molecule has 0 spiro atoms. The van der Waals surface area contributed by atoms with Gasteiger partial charge in [-0.1, -0.05) is 0 Å². The van der Waals surface area contributed by atoms with Crippen LogP contribution in [0, 0.1) is 5.82 Å². The van der Waals surface area contributed by atoms with Crippen LogP contribution in [0.2, 0.25) is 0 Å². The van der Waals surface area contributed by atoms with Crippen molar-refractivity contribution in [3.8, 4) is 0 Å². The molecule has 0 unspecified atom stereocenters. The van der Waals surface area contributed by atoms with Crippen LogP contribution in [0.5, 0.6) is 0 Å². The van der Waals surface area contributed by atoms with Gasteiger partial charge in [0.15, 0.2) is 0 Å². The fourth-order valence-electron chi connectivity index (χ4n) is 2.28. The molecule has 1 aliphatic rings. The van der Waals surface area contributed by atoms with E-state index in [0.717, 1.165) is 6.26 Å². The van der Waals surface area contributed by atoms with E-state index < -0.39 is 10.0 Å². The number of likely N-dealkylation sites (tertiary alicyclic amines) is 1. The number of benzene rings is 1. The van der Waals surface area contributed by atoms with E-state index in [1.165, 1.54) is 24.3 Å². The van der Waals surface area contributed by atoms with Gasteiger partial charge in [-0.05, 0) is 37.1 Å². The van der Waals surface area contributed by atoms with Crippen LogP contribution in [-0.4, -0.2) is 44.6 Å². The van der Waals surface area contributed by atoms with Crippen molar-refractivity contribution >= 4 is 15.9 Å². The lowest BCUT2D eigenvalue weighted by Crippen LogP contribution is -2.46. The van der Waals surface area contributed by atoms with Crippen LogP contribution in [0.15, 0.2) is 24.3 Å². The molecule has 1 fully saturated rings. The van der Waals surface area contributed by atoms with Crippen LogP contribution in [0.25, 0.3) is 0 Å². The second kappa shape index (κ2) is 5.88. The van der Waals surface area contributed by atoms with Crippen molar-refractivity contribution in [2.24, 2.45) is 0 Å². The number of amides is 1. The minimum atomic E-state index is -3.21. The Morgan fingerprint density at radius 2 is 1.80 bits per heavy atom. The molecule has 0 aliphatic carbocycles. The topological polar surface area (TPSA) is 66.5 Å². The maximum atomic E-state index is 12.8. The Morgan fingerprint density at radius 1 is 1.25 bits per heavy atom. The van der Waals surface area contributed by atoms with E-state index in [1.807, 2.05) is 0 Å². The molecule has 1 heterocycles. The second-order valence-electron chi connectivity index (χ2n) is 4.96. The summed E-state index contributed by atoms with van der Waals surface area (Å²) in [5.41, 5.74) is 0.445. The third-order valence-electron chi connectivity index (χ3n) is 3.25. The van der Waals surface area contributed by atoms with Crippen LogP contribution in [0.3, 0.4) is 0 Å². The molecule has 7 heteroatoms. The summed E-state index contributed by atoms with van der Waals surface area (Å²) in [5.74, 6) is -0.527. The largest absolute Gasteiger partial charge is 0.339 e. The maximum Gasteiger partial charge on any atom is 0.253 e. The molecule has 2 rings (SSSR count). The lowest BCUT2D eigenvalue weighted by atomic mass is 10.0. The molecule has 1 aromatic rings. The zero-order valence-electron chi connectivity index (χ0n) is 11.2. The fourth-order valence-corrected chi connectivity index (χ4v) is 3.12. The molecule has 1 aromatic carbocycles. The predicted molar refractivity (Wildman–Crippen MR) is 73.3 cm³/mol. The first-order valence-corrected chi connectivity index (χ1v) is 8.26. The van der Waals surface area contributed by atoms with Gasteiger partial charge >= 0.3 is 0 Å². The van der Waals surface area contributed by atoms with Gasteiger partial charge in [-0.25, -0.2) is 17.5 Å². The average Bonchev–Trinajstić information content (AvgIpc) is 2.38. The summed E-state index contributed by atoms with van der Waals surface area (Å²) in [6.45, 7) is 0.979. The molecule has 1 N–H and O–H groups in total. The highest BCUT2D eigenvalue weighted by Gasteiger charge is 2.25. The quantitative estimate of drug-likeness (QED) is 0.905. The van der Waals surface area contributed by atoms with Gasteiger partial charge in [0, 0.05) is 24.7 Å². The van der Waals surface area contributed by atoms with E-state index in [2.05, 4.69) is 4.72 Å². The van der Waals surface area contributed by atoms with E-state index in [1.54, 1.807) is 4.90 Å². The third kappa shape index (κ3) is 4.01. The molecule has 5 nitrogen and oxygen atoms in total. The monoisotopic (exact) mass is 300 g/mol. The van der Waals surface area contributed by atoms with Gasteiger partial charge in [0.1, 0.15) is 5.82 Å². The van der Waals surface area contributed by atoms with Gasteiger partial charge in [0.05, 0.1) is 6.26 Å². The molecule has 0 saturated carbocycles. The highest BCUT2D eigenvalue weighted by atomic mass is 32.2. The molecule has 20 heavy (non-hydrogen) atoms. The zero-order valence-corrected chi connectivity index (χ0v) is 12.0. The summed E-state index contributed by atoms with van der Waals surface area (Å²) >= 11 is 0. The number of carbonyl (C=O) groups excluding carboxylic acids is 1.